The summed E-state index contributed by atoms with van der Waals surface area (Å²) in [6.45, 7) is 0.708. The number of amides is 2. The average molecular weight is 374 g/mol. The highest BCUT2D eigenvalue weighted by atomic mass is 35.5. The number of nitrogens with two attached hydrogens (primary N) is 1. The maximum absolute atomic E-state index is 12.6. The van der Waals surface area contributed by atoms with Crippen molar-refractivity contribution in [2.75, 3.05) is 6.54 Å². The van der Waals surface area contributed by atoms with E-state index < -0.39 is 11.9 Å². The van der Waals surface area contributed by atoms with Crippen LogP contribution in [0.25, 0.3) is 0 Å². The Kier molecular flexibility index (Phi) is 5.44. The number of phenolic OH excluding ortho intramolecular Hbond substituents is 1. The molecule has 0 radical (unpaired) electrons. The fourth-order valence-electron chi connectivity index (χ4n) is 3.19. The Balaban J connectivity index is 1.87. The summed E-state index contributed by atoms with van der Waals surface area (Å²) in [5, 5.41) is 13.2. The zero-order valence-electron chi connectivity index (χ0n) is 14.1. The standard InChI is InChI=1S/C19H20ClN3O3/c20-15-5-6-17(24)14(7-15)11-23-10-13-4-2-1-3-12(13)8-16(23)19(26)22-9-18(21)25/h1-7,16,24H,8-11H2,(H2,21,25)(H,22,26). The van der Waals surface area contributed by atoms with Crippen LogP contribution in [0.3, 0.4) is 0 Å². The maximum Gasteiger partial charge on any atom is 0.238 e. The minimum absolute atomic E-state index is 0.129. The van der Waals surface area contributed by atoms with Gasteiger partial charge < -0.3 is 16.2 Å². The third-order valence-corrected chi connectivity index (χ3v) is 4.74. The molecule has 7 heteroatoms. The molecule has 1 heterocycles. The Hall–Kier alpha value is -2.57. The van der Waals surface area contributed by atoms with E-state index in [-0.39, 0.29) is 18.2 Å². The van der Waals surface area contributed by atoms with E-state index in [4.69, 9.17) is 17.3 Å². The second-order valence-corrected chi connectivity index (χ2v) is 6.79. The third kappa shape index (κ3) is 4.15. The number of fused-ring (bicyclic) bond motifs is 1. The van der Waals surface area contributed by atoms with E-state index in [2.05, 4.69) is 5.32 Å². The van der Waals surface area contributed by atoms with Gasteiger partial charge in [0.1, 0.15) is 5.75 Å². The Morgan fingerprint density at radius 2 is 1.96 bits per heavy atom. The Morgan fingerprint density at radius 3 is 2.69 bits per heavy atom. The number of primary amides is 1. The van der Waals surface area contributed by atoms with Gasteiger partial charge in [-0.3, -0.25) is 14.5 Å². The number of carbonyl (C=O) groups excluding carboxylic acids is 2. The normalized spacial score (nSPS) is 16.7. The molecule has 6 nitrogen and oxygen atoms in total. The van der Waals surface area contributed by atoms with Gasteiger partial charge in [-0.1, -0.05) is 35.9 Å². The molecule has 2 aromatic carbocycles. The minimum atomic E-state index is -0.589. The van der Waals surface area contributed by atoms with Crippen LogP contribution in [0.2, 0.25) is 5.02 Å². The molecule has 0 aliphatic carbocycles. The first kappa shape index (κ1) is 18.2. The summed E-state index contributed by atoms with van der Waals surface area (Å²) in [5.74, 6) is -0.724. The van der Waals surface area contributed by atoms with Gasteiger partial charge in [0.25, 0.3) is 0 Å². The van der Waals surface area contributed by atoms with Gasteiger partial charge in [-0.15, -0.1) is 0 Å². The number of benzene rings is 2. The van der Waals surface area contributed by atoms with Crippen molar-refractivity contribution in [2.45, 2.75) is 25.6 Å². The molecule has 4 N–H and O–H groups in total. The number of nitrogens with zero attached hydrogens (tertiary/aromatic N) is 1. The number of hydrogen-bond donors (Lipinski definition) is 3. The number of nitrogens with one attached hydrogen (secondary N) is 1. The van der Waals surface area contributed by atoms with Crippen molar-refractivity contribution in [3.8, 4) is 5.75 Å². The van der Waals surface area contributed by atoms with Crippen molar-refractivity contribution in [3.63, 3.8) is 0 Å². The van der Waals surface area contributed by atoms with Crippen LogP contribution in [-0.2, 0) is 29.1 Å². The number of aromatic hydroxyl groups is 1. The lowest BCUT2D eigenvalue weighted by Crippen LogP contribution is -2.51. The Labute approximate surface area is 156 Å². The van der Waals surface area contributed by atoms with Gasteiger partial charge in [0.2, 0.25) is 11.8 Å². The minimum Gasteiger partial charge on any atom is -0.508 e. The lowest BCUT2D eigenvalue weighted by molar-refractivity contribution is -0.129. The van der Waals surface area contributed by atoms with Gasteiger partial charge in [-0.2, -0.15) is 0 Å². The van der Waals surface area contributed by atoms with E-state index >= 15 is 0 Å². The van der Waals surface area contributed by atoms with Gasteiger partial charge in [-0.25, -0.2) is 0 Å². The van der Waals surface area contributed by atoms with Crippen molar-refractivity contribution < 1.29 is 14.7 Å². The van der Waals surface area contributed by atoms with E-state index in [1.54, 1.807) is 12.1 Å². The third-order valence-electron chi connectivity index (χ3n) is 4.50. The molecule has 0 saturated heterocycles. The zero-order chi connectivity index (χ0) is 18.7. The number of hydrogen-bond acceptors (Lipinski definition) is 4. The summed E-state index contributed by atoms with van der Waals surface area (Å²) in [4.78, 5) is 25.6. The van der Waals surface area contributed by atoms with Crippen molar-refractivity contribution in [2.24, 2.45) is 5.73 Å². The monoisotopic (exact) mass is 373 g/mol. The maximum atomic E-state index is 12.6. The summed E-state index contributed by atoms with van der Waals surface area (Å²) >= 11 is 6.04. The second kappa shape index (κ2) is 7.76. The molecule has 0 bridgehead atoms. The van der Waals surface area contributed by atoms with Crippen molar-refractivity contribution in [3.05, 3.63) is 64.2 Å². The first-order valence-corrected chi connectivity index (χ1v) is 8.66. The smallest absolute Gasteiger partial charge is 0.238 e. The molecule has 0 spiro atoms. The van der Waals surface area contributed by atoms with Crippen LogP contribution in [0.5, 0.6) is 5.75 Å². The van der Waals surface area contributed by atoms with Crippen LogP contribution in [0.4, 0.5) is 0 Å². The molecule has 1 aliphatic heterocycles. The number of rotatable bonds is 5. The van der Waals surface area contributed by atoms with E-state index in [0.717, 1.165) is 11.1 Å². The fraction of sp³-hybridized carbons (Fsp3) is 0.263. The van der Waals surface area contributed by atoms with E-state index in [0.29, 0.717) is 30.1 Å². The van der Waals surface area contributed by atoms with Crippen LogP contribution in [0, 0.1) is 0 Å². The molecular formula is C19H20ClN3O3. The van der Waals surface area contributed by atoms with E-state index in [1.807, 2.05) is 29.2 Å². The van der Waals surface area contributed by atoms with Gasteiger partial charge >= 0.3 is 0 Å². The van der Waals surface area contributed by atoms with Crippen LogP contribution in [0.15, 0.2) is 42.5 Å². The SMILES string of the molecule is NC(=O)CNC(=O)C1Cc2ccccc2CN1Cc1cc(Cl)ccc1O. The fourth-order valence-corrected chi connectivity index (χ4v) is 3.39. The molecule has 1 aliphatic rings. The number of phenols is 1. The lowest BCUT2D eigenvalue weighted by Gasteiger charge is -2.36. The molecule has 0 saturated carbocycles. The molecule has 0 aromatic heterocycles. The van der Waals surface area contributed by atoms with Crippen LogP contribution < -0.4 is 11.1 Å². The molecule has 1 atom stereocenters. The average Bonchev–Trinajstić information content (AvgIpc) is 2.62. The van der Waals surface area contributed by atoms with Gasteiger partial charge in [-0.05, 0) is 35.7 Å². The van der Waals surface area contributed by atoms with Crippen molar-refractivity contribution in [1.29, 1.82) is 0 Å². The Bertz CT molecular complexity index is 841. The van der Waals surface area contributed by atoms with Gasteiger partial charge in [0, 0.05) is 23.7 Å². The highest BCUT2D eigenvalue weighted by molar-refractivity contribution is 6.30. The van der Waals surface area contributed by atoms with Crippen molar-refractivity contribution >= 4 is 23.4 Å². The summed E-state index contributed by atoms with van der Waals surface area (Å²) < 4.78 is 0. The topological polar surface area (TPSA) is 95.7 Å². The van der Waals surface area contributed by atoms with Crippen LogP contribution in [-0.4, -0.2) is 34.4 Å². The highest BCUT2D eigenvalue weighted by Gasteiger charge is 2.31. The van der Waals surface area contributed by atoms with Gasteiger partial charge in [0.15, 0.2) is 0 Å². The summed E-state index contributed by atoms with van der Waals surface area (Å²) in [5.41, 5.74) is 8.00. The summed E-state index contributed by atoms with van der Waals surface area (Å²) in [7, 11) is 0. The molecule has 26 heavy (non-hydrogen) atoms. The van der Waals surface area contributed by atoms with Crippen LogP contribution in [0.1, 0.15) is 16.7 Å². The molecule has 3 rings (SSSR count). The zero-order valence-corrected chi connectivity index (χ0v) is 14.9. The molecule has 1 unspecified atom stereocenters. The quantitative estimate of drug-likeness (QED) is 0.741. The predicted molar refractivity (Wildman–Crippen MR) is 98.5 cm³/mol. The molecule has 136 valence electrons. The second-order valence-electron chi connectivity index (χ2n) is 6.35. The first-order valence-electron chi connectivity index (χ1n) is 8.28. The molecular weight excluding hydrogens is 354 g/mol. The van der Waals surface area contributed by atoms with Crippen LogP contribution >= 0.6 is 11.6 Å². The first-order chi connectivity index (χ1) is 12.4. The lowest BCUT2D eigenvalue weighted by atomic mass is 9.93. The number of carbonyl (C=O) groups is 2. The largest absolute Gasteiger partial charge is 0.508 e. The summed E-state index contributed by atoms with van der Waals surface area (Å²) in [6.07, 6.45) is 0.516. The molecule has 2 amide bonds. The van der Waals surface area contributed by atoms with E-state index in [9.17, 15) is 14.7 Å². The highest BCUT2D eigenvalue weighted by Crippen LogP contribution is 2.28. The summed E-state index contributed by atoms with van der Waals surface area (Å²) in [6, 6.07) is 12.3. The number of halogens is 1. The Morgan fingerprint density at radius 1 is 1.23 bits per heavy atom. The molecule has 2 aromatic rings. The van der Waals surface area contributed by atoms with Gasteiger partial charge in [0.05, 0.1) is 12.6 Å². The predicted octanol–water partition coefficient (Wildman–Crippen LogP) is 1.57. The van der Waals surface area contributed by atoms with Crippen molar-refractivity contribution in [1.82, 2.24) is 10.2 Å². The molecule has 0 fully saturated rings. The van der Waals surface area contributed by atoms with E-state index in [1.165, 1.54) is 6.07 Å².